The Balaban J connectivity index is 2.11. The van der Waals surface area contributed by atoms with Crippen LogP contribution in [0.25, 0.3) is 0 Å². The van der Waals surface area contributed by atoms with Crippen LogP contribution in [0.4, 0.5) is 11.4 Å². The van der Waals surface area contributed by atoms with Crippen molar-refractivity contribution in [3.8, 4) is 0 Å². The number of ether oxygens (including phenoxy) is 1. The van der Waals surface area contributed by atoms with Crippen molar-refractivity contribution in [3.63, 3.8) is 0 Å². The second-order valence-corrected chi connectivity index (χ2v) is 6.72. The number of nitrogens with zero attached hydrogens (tertiary/aromatic N) is 1. The number of carbonyl (C=O) groups excluding carboxylic acids is 4. The van der Waals surface area contributed by atoms with Gasteiger partial charge in [-0.15, -0.1) is 0 Å². The number of anilines is 1. The van der Waals surface area contributed by atoms with Gasteiger partial charge in [-0.2, -0.15) is 0 Å². The lowest BCUT2D eigenvalue weighted by atomic mass is 10.1. The number of rotatable bonds is 8. The van der Waals surface area contributed by atoms with Crippen molar-refractivity contribution in [1.29, 1.82) is 0 Å². The van der Waals surface area contributed by atoms with E-state index in [2.05, 4.69) is 20.7 Å². The van der Waals surface area contributed by atoms with Crippen LogP contribution in [0.15, 0.2) is 48.5 Å². The number of methoxy groups -OCH3 is 1. The number of para-hydroxylation sites is 2. The van der Waals surface area contributed by atoms with Crippen LogP contribution in [0.3, 0.4) is 0 Å². The summed E-state index contributed by atoms with van der Waals surface area (Å²) < 4.78 is 4.57. The Morgan fingerprint density at radius 2 is 1.41 bits per heavy atom. The summed E-state index contributed by atoms with van der Waals surface area (Å²) >= 11 is 0. The minimum absolute atomic E-state index is 0.0915. The number of hydrogen-bond donors (Lipinski definition) is 3. The van der Waals surface area contributed by atoms with Crippen LogP contribution in [-0.2, 0) is 14.3 Å². The molecule has 1 unspecified atom stereocenters. The van der Waals surface area contributed by atoms with Gasteiger partial charge in [0.1, 0.15) is 17.6 Å². The van der Waals surface area contributed by atoms with E-state index < -0.39 is 40.7 Å². The first-order chi connectivity index (χ1) is 15.1. The van der Waals surface area contributed by atoms with E-state index >= 15 is 0 Å². The molecule has 0 aliphatic heterocycles. The van der Waals surface area contributed by atoms with Gasteiger partial charge >= 0.3 is 5.97 Å². The van der Waals surface area contributed by atoms with E-state index in [4.69, 9.17) is 0 Å². The molecular formula is C21H22N4O7. The molecule has 0 heterocycles. The van der Waals surface area contributed by atoms with Crippen molar-refractivity contribution < 1.29 is 28.8 Å². The highest BCUT2D eigenvalue weighted by molar-refractivity contribution is 6.07. The molecule has 2 atom stereocenters. The number of esters is 1. The topological polar surface area (TPSA) is 157 Å². The van der Waals surface area contributed by atoms with Crippen molar-refractivity contribution in [2.45, 2.75) is 25.9 Å². The molecule has 168 valence electrons. The summed E-state index contributed by atoms with van der Waals surface area (Å²) in [6.45, 7) is 2.84. The molecule has 3 amide bonds. The first-order valence-corrected chi connectivity index (χ1v) is 9.48. The summed E-state index contributed by atoms with van der Waals surface area (Å²) in [7, 11) is 1.19. The van der Waals surface area contributed by atoms with Crippen LogP contribution in [-0.4, -0.2) is 47.8 Å². The van der Waals surface area contributed by atoms with Gasteiger partial charge in [-0.1, -0.05) is 24.3 Å². The van der Waals surface area contributed by atoms with E-state index in [1.807, 2.05) is 0 Å². The van der Waals surface area contributed by atoms with Crippen LogP contribution in [0.5, 0.6) is 0 Å². The van der Waals surface area contributed by atoms with Gasteiger partial charge in [0.2, 0.25) is 5.91 Å². The zero-order chi connectivity index (χ0) is 23.8. The number of hydrogen-bond acceptors (Lipinski definition) is 7. The lowest BCUT2D eigenvalue weighted by molar-refractivity contribution is -0.385. The second-order valence-electron chi connectivity index (χ2n) is 6.72. The lowest BCUT2D eigenvalue weighted by Crippen LogP contribution is -2.42. The fourth-order valence-corrected chi connectivity index (χ4v) is 2.71. The van der Waals surface area contributed by atoms with E-state index in [0.29, 0.717) is 0 Å². The normalized spacial score (nSPS) is 12.1. The first kappa shape index (κ1) is 24.0. The maximum atomic E-state index is 12.6. The summed E-state index contributed by atoms with van der Waals surface area (Å²) in [6, 6.07) is 9.47. The Bertz CT molecular complexity index is 1050. The zero-order valence-corrected chi connectivity index (χ0v) is 17.6. The first-order valence-electron chi connectivity index (χ1n) is 9.48. The number of nitro groups is 1. The molecule has 11 nitrogen and oxygen atoms in total. The molecule has 0 aromatic heterocycles. The van der Waals surface area contributed by atoms with Crippen molar-refractivity contribution in [2.24, 2.45) is 0 Å². The molecule has 0 spiro atoms. The van der Waals surface area contributed by atoms with Crippen LogP contribution < -0.4 is 16.0 Å². The molecule has 32 heavy (non-hydrogen) atoms. The number of benzene rings is 2. The van der Waals surface area contributed by atoms with E-state index in [1.165, 1.54) is 57.4 Å². The maximum absolute atomic E-state index is 12.6. The molecule has 0 bridgehead atoms. The lowest BCUT2D eigenvalue weighted by Gasteiger charge is -2.17. The Labute approximate surface area is 183 Å². The second kappa shape index (κ2) is 10.7. The summed E-state index contributed by atoms with van der Waals surface area (Å²) in [5, 5.41) is 18.5. The van der Waals surface area contributed by atoms with Gasteiger partial charge in [-0.25, -0.2) is 4.79 Å². The molecule has 0 radical (unpaired) electrons. The highest BCUT2D eigenvalue weighted by Crippen LogP contribution is 2.18. The Morgan fingerprint density at radius 1 is 0.875 bits per heavy atom. The summed E-state index contributed by atoms with van der Waals surface area (Å²) in [4.78, 5) is 59.5. The van der Waals surface area contributed by atoms with Gasteiger partial charge in [-0.05, 0) is 32.0 Å². The smallest absolute Gasteiger partial charge is 0.328 e. The average molecular weight is 442 g/mol. The zero-order valence-electron chi connectivity index (χ0n) is 17.6. The Morgan fingerprint density at radius 3 is 2.03 bits per heavy atom. The molecule has 0 fully saturated rings. The van der Waals surface area contributed by atoms with Crippen molar-refractivity contribution in [1.82, 2.24) is 10.6 Å². The standard InChI is InChI=1S/C21H22N4O7/c1-12(22-20(28)15-9-5-7-11-17(15)25(30)31)18(26)24-16-10-6-4-8-14(16)19(27)23-13(2)21(29)32-3/h4-13H,1-3H3,(H,22,28)(H,23,27)(H,24,26)/t12?,13-/m0/s1. The highest BCUT2D eigenvalue weighted by atomic mass is 16.6. The maximum Gasteiger partial charge on any atom is 0.328 e. The van der Waals surface area contributed by atoms with Gasteiger partial charge in [0.25, 0.3) is 17.5 Å². The van der Waals surface area contributed by atoms with Crippen LogP contribution >= 0.6 is 0 Å². The van der Waals surface area contributed by atoms with Gasteiger partial charge < -0.3 is 20.7 Å². The van der Waals surface area contributed by atoms with Gasteiger partial charge in [0, 0.05) is 6.07 Å². The monoisotopic (exact) mass is 442 g/mol. The molecule has 2 aromatic rings. The van der Waals surface area contributed by atoms with E-state index in [0.717, 1.165) is 0 Å². The number of nitro benzene ring substituents is 1. The molecule has 11 heteroatoms. The minimum atomic E-state index is -1.08. The van der Waals surface area contributed by atoms with Crippen LogP contribution in [0, 0.1) is 10.1 Å². The Hall–Kier alpha value is -4.28. The van der Waals surface area contributed by atoms with E-state index in [9.17, 15) is 29.3 Å². The quantitative estimate of drug-likeness (QED) is 0.319. The molecule has 0 aliphatic carbocycles. The van der Waals surface area contributed by atoms with Crippen molar-refractivity contribution >= 4 is 35.1 Å². The fraction of sp³-hybridized carbons (Fsp3) is 0.238. The van der Waals surface area contributed by atoms with Gasteiger partial charge in [0.15, 0.2) is 0 Å². The minimum Gasteiger partial charge on any atom is -0.467 e. The largest absolute Gasteiger partial charge is 0.467 e. The third kappa shape index (κ3) is 5.88. The SMILES string of the molecule is COC(=O)[C@H](C)NC(=O)c1ccccc1NC(=O)C(C)NC(=O)c1ccccc1[N+](=O)[O-]. The third-order valence-corrected chi connectivity index (χ3v) is 4.42. The van der Waals surface area contributed by atoms with E-state index in [1.54, 1.807) is 12.1 Å². The third-order valence-electron chi connectivity index (χ3n) is 4.42. The average Bonchev–Trinajstić information content (AvgIpc) is 2.78. The molecule has 3 N–H and O–H groups in total. The molecular weight excluding hydrogens is 420 g/mol. The molecule has 2 rings (SSSR count). The number of carbonyl (C=O) groups is 4. The van der Waals surface area contributed by atoms with Crippen molar-refractivity contribution in [3.05, 3.63) is 69.8 Å². The van der Waals surface area contributed by atoms with E-state index in [-0.39, 0.29) is 22.5 Å². The molecule has 0 saturated carbocycles. The van der Waals surface area contributed by atoms with Gasteiger partial charge in [0.05, 0.1) is 23.3 Å². The summed E-state index contributed by atoms with van der Waals surface area (Å²) in [5.74, 6) is -2.70. The molecule has 0 saturated heterocycles. The van der Waals surface area contributed by atoms with Crippen LogP contribution in [0.1, 0.15) is 34.6 Å². The predicted molar refractivity (Wildman–Crippen MR) is 114 cm³/mol. The predicted octanol–water partition coefficient (Wildman–Crippen LogP) is 1.64. The Kier molecular flexibility index (Phi) is 7.99. The molecule has 2 aromatic carbocycles. The van der Waals surface area contributed by atoms with Gasteiger partial charge in [-0.3, -0.25) is 24.5 Å². The van der Waals surface area contributed by atoms with Crippen molar-refractivity contribution in [2.75, 3.05) is 12.4 Å². The summed E-state index contributed by atoms with van der Waals surface area (Å²) in [5.41, 5.74) is -0.333. The summed E-state index contributed by atoms with van der Waals surface area (Å²) in [6.07, 6.45) is 0. The molecule has 0 aliphatic rings. The highest BCUT2D eigenvalue weighted by Gasteiger charge is 2.24. The number of amides is 3. The number of nitrogens with one attached hydrogen (secondary N) is 3. The van der Waals surface area contributed by atoms with Crippen LogP contribution in [0.2, 0.25) is 0 Å². The fourth-order valence-electron chi connectivity index (χ4n) is 2.71.